The number of carbonyl (C=O) groups is 1. The van der Waals surface area contributed by atoms with Crippen LogP contribution in [0.4, 0.5) is 5.69 Å². The van der Waals surface area contributed by atoms with E-state index in [0.717, 1.165) is 41.7 Å². The van der Waals surface area contributed by atoms with E-state index in [1.165, 1.54) is 0 Å². The first-order valence-electron chi connectivity index (χ1n) is 9.88. The van der Waals surface area contributed by atoms with E-state index >= 15 is 0 Å². The number of carbonyl (C=O) groups excluding carboxylic acids is 1. The van der Waals surface area contributed by atoms with Crippen LogP contribution in [0.2, 0.25) is 0 Å². The zero-order chi connectivity index (χ0) is 20.5. The second-order valence-corrected chi connectivity index (χ2v) is 6.63. The van der Waals surface area contributed by atoms with Crippen LogP contribution in [0.3, 0.4) is 0 Å². The van der Waals surface area contributed by atoms with Crippen molar-refractivity contribution in [1.82, 2.24) is 10.6 Å². The molecule has 0 aliphatic carbocycles. The summed E-state index contributed by atoms with van der Waals surface area (Å²) in [6, 6.07) is 15.5. The number of anilines is 1. The molecule has 3 rings (SSSR count). The third kappa shape index (κ3) is 5.63. The lowest BCUT2D eigenvalue weighted by Gasteiger charge is -2.29. The zero-order valence-electron chi connectivity index (χ0n) is 17.0. The average Bonchev–Trinajstić information content (AvgIpc) is 2.76. The Labute approximate surface area is 171 Å². The number of aliphatic imine (C=N–C) groups is 1. The fraction of sp³-hybridized carbons (Fsp3) is 0.364. The summed E-state index contributed by atoms with van der Waals surface area (Å²) < 4.78 is 10.7. The van der Waals surface area contributed by atoms with Crippen molar-refractivity contribution in [2.45, 2.75) is 19.9 Å². The number of amides is 1. The zero-order valence-corrected chi connectivity index (χ0v) is 17.0. The molecule has 7 heteroatoms. The SMILES string of the molecule is CCNC(=NCc1ccc(OC)cc1)NCCCN1C(=O)COc2ccccc21. The van der Waals surface area contributed by atoms with Crippen molar-refractivity contribution >= 4 is 17.6 Å². The molecular weight excluding hydrogens is 368 g/mol. The number of para-hydroxylation sites is 2. The van der Waals surface area contributed by atoms with Crippen molar-refractivity contribution in [3.05, 3.63) is 54.1 Å². The summed E-state index contributed by atoms with van der Waals surface area (Å²) in [5.74, 6) is 2.34. The van der Waals surface area contributed by atoms with E-state index in [1.54, 1.807) is 12.0 Å². The Morgan fingerprint density at radius 3 is 2.72 bits per heavy atom. The number of fused-ring (bicyclic) bond motifs is 1. The van der Waals surface area contributed by atoms with Gasteiger partial charge in [-0.2, -0.15) is 0 Å². The number of ether oxygens (including phenoxy) is 2. The second kappa shape index (κ2) is 10.4. The van der Waals surface area contributed by atoms with E-state index in [-0.39, 0.29) is 12.5 Å². The van der Waals surface area contributed by atoms with Crippen LogP contribution in [0, 0.1) is 0 Å². The smallest absolute Gasteiger partial charge is 0.265 e. The first kappa shape index (κ1) is 20.5. The Balaban J connectivity index is 1.51. The highest BCUT2D eigenvalue weighted by Gasteiger charge is 2.24. The summed E-state index contributed by atoms with van der Waals surface area (Å²) in [5, 5.41) is 6.59. The molecule has 1 aliphatic rings. The van der Waals surface area contributed by atoms with Gasteiger partial charge in [-0.25, -0.2) is 4.99 Å². The molecule has 0 unspecified atom stereocenters. The van der Waals surface area contributed by atoms with E-state index in [1.807, 2.05) is 55.5 Å². The van der Waals surface area contributed by atoms with E-state index in [4.69, 9.17) is 9.47 Å². The van der Waals surface area contributed by atoms with E-state index in [9.17, 15) is 4.79 Å². The third-order valence-electron chi connectivity index (χ3n) is 4.58. The van der Waals surface area contributed by atoms with Gasteiger partial charge in [-0.15, -0.1) is 0 Å². The Bertz CT molecular complexity index is 836. The van der Waals surface area contributed by atoms with Crippen LogP contribution in [0.25, 0.3) is 0 Å². The first-order valence-corrected chi connectivity index (χ1v) is 9.88. The monoisotopic (exact) mass is 396 g/mol. The molecular formula is C22H28N4O3. The summed E-state index contributed by atoms with van der Waals surface area (Å²) in [5.41, 5.74) is 1.95. The first-order chi connectivity index (χ1) is 14.2. The van der Waals surface area contributed by atoms with Gasteiger partial charge in [-0.3, -0.25) is 4.79 Å². The van der Waals surface area contributed by atoms with Gasteiger partial charge in [-0.05, 0) is 43.2 Å². The molecule has 1 heterocycles. The Morgan fingerprint density at radius 1 is 1.17 bits per heavy atom. The lowest BCUT2D eigenvalue weighted by molar-refractivity contribution is -0.121. The lowest BCUT2D eigenvalue weighted by atomic mass is 10.2. The van der Waals surface area contributed by atoms with Gasteiger partial charge in [-0.1, -0.05) is 24.3 Å². The van der Waals surface area contributed by atoms with Gasteiger partial charge in [0.2, 0.25) is 0 Å². The number of hydrogen-bond donors (Lipinski definition) is 2. The highest BCUT2D eigenvalue weighted by Crippen LogP contribution is 2.31. The van der Waals surface area contributed by atoms with Crippen LogP contribution in [0.5, 0.6) is 11.5 Å². The Morgan fingerprint density at radius 2 is 1.97 bits per heavy atom. The molecule has 0 saturated heterocycles. The fourth-order valence-corrected chi connectivity index (χ4v) is 3.09. The van der Waals surface area contributed by atoms with Gasteiger partial charge in [0.05, 0.1) is 19.3 Å². The van der Waals surface area contributed by atoms with E-state index in [2.05, 4.69) is 15.6 Å². The molecule has 29 heavy (non-hydrogen) atoms. The minimum Gasteiger partial charge on any atom is -0.497 e. The molecule has 0 radical (unpaired) electrons. The van der Waals surface area contributed by atoms with Crippen molar-refractivity contribution in [2.75, 3.05) is 38.3 Å². The molecule has 1 aliphatic heterocycles. The van der Waals surface area contributed by atoms with Crippen LogP contribution in [-0.2, 0) is 11.3 Å². The quantitative estimate of drug-likeness (QED) is 0.408. The van der Waals surface area contributed by atoms with Crippen molar-refractivity contribution < 1.29 is 14.3 Å². The maximum Gasteiger partial charge on any atom is 0.265 e. The van der Waals surface area contributed by atoms with Crippen LogP contribution in [0.1, 0.15) is 18.9 Å². The highest BCUT2D eigenvalue weighted by atomic mass is 16.5. The maximum atomic E-state index is 12.2. The van der Waals surface area contributed by atoms with Gasteiger partial charge >= 0.3 is 0 Å². The molecule has 2 N–H and O–H groups in total. The summed E-state index contributed by atoms with van der Waals surface area (Å²) in [6.07, 6.45) is 0.799. The predicted octanol–water partition coefficient (Wildman–Crippen LogP) is 2.57. The van der Waals surface area contributed by atoms with Crippen molar-refractivity contribution in [3.8, 4) is 11.5 Å². The molecule has 2 aromatic rings. The Kier molecular flexibility index (Phi) is 7.33. The van der Waals surface area contributed by atoms with E-state index < -0.39 is 0 Å². The molecule has 0 spiro atoms. The molecule has 7 nitrogen and oxygen atoms in total. The maximum absolute atomic E-state index is 12.2. The molecule has 0 fully saturated rings. The van der Waals surface area contributed by atoms with Crippen LogP contribution < -0.4 is 25.0 Å². The Hall–Kier alpha value is -3.22. The number of hydrogen-bond acceptors (Lipinski definition) is 4. The number of guanidine groups is 1. The van der Waals surface area contributed by atoms with Gasteiger partial charge in [0.15, 0.2) is 12.6 Å². The van der Waals surface area contributed by atoms with Gasteiger partial charge < -0.3 is 25.0 Å². The average molecular weight is 396 g/mol. The number of benzene rings is 2. The summed E-state index contributed by atoms with van der Waals surface area (Å²) in [7, 11) is 1.66. The van der Waals surface area contributed by atoms with Crippen molar-refractivity contribution in [3.63, 3.8) is 0 Å². The fourth-order valence-electron chi connectivity index (χ4n) is 3.09. The van der Waals surface area contributed by atoms with Gasteiger partial charge in [0.1, 0.15) is 11.5 Å². The standard InChI is InChI=1S/C22H28N4O3/c1-3-23-22(25-15-17-9-11-18(28-2)12-10-17)24-13-6-14-26-19-7-4-5-8-20(19)29-16-21(26)27/h4-5,7-12H,3,6,13-16H2,1-2H3,(H2,23,24,25). The van der Waals surface area contributed by atoms with Crippen LogP contribution in [0.15, 0.2) is 53.5 Å². The van der Waals surface area contributed by atoms with Crippen LogP contribution in [-0.4, -0.2) is 45.2 Å². The molecule has 0 bridgehead atoms. The normalized spacial score (nSPS) is 13.5. The largest absolute Gasteiger partial charge is 0.497 e. The van der Waals surface area contributed by atoms with Gasteiger partial charge in [0, 0.05) is 19.6 Å². The lowest BCUT2D eigenvalue weighted by Crippen LogP contribution is -2.42. The van der Waals surface area contributed by atoms with E-state index in [0.29, 0.717) is 19.6 Å². The number of nitrogens with zero attached hydrogens (tertiary/aromatic N) is 2. The molecule has 1 amide bonds. The predicted molar refractivity (Wildman–Crippen MR) is 115 cm³/mol. The summed E-state index contributed by atoms with van der Waals surface area (Å²) in [4.78, 5) is 18.6. The highest BCUT2D eigenvalue weighted by molar-refractivity contribution is 5.97. The van der Waals surface area contributed by atoms with Crippen molar-refractivity contribution in [1.29, 1.82) is 0 Å². The van der Waals surface area contributed by atoms with Crippen LogP contribution >= 0.6 is 0 Å². The minimum atomic E-state index is -0.0104. The minimum absolute atomic E-state index is 0.0104. The number of methoxy groups -OCH3 is 1. The topological polar surface area (TPSA) is 75.2 Å². The molecule has 0 atom stereocenters. The molecule has 154 valence electrons. The third-order valence-corrected chi connectivity index (χ3v) is 4.58. The molecule has 2 aromatic carbocycles. The second-order valence-electron chi connectivity index (χ2n) is 6.63. The molecule has 0 saturated carbocycles. The number of rotatable bonds is 8. The summed E-state index contributed by atoms with van der Waals surface area (Å²) >= 11 is 0. The molecule has 0 aromatic heterocycles. The number of nitrogens with one attached hydrogen (secondary N) is 2. The van der Waals surface area contributed by atoms with Crippen molar-refractivity contribution in [2.24, 2.45) is 4.99 Å². The van der Waals surface area contributed by atoms with Gasteiger partial charge in [0.25, 0.3) is 5.91 Å². The summed E-state index contributed by atoms with van der Waals surface area (Å²) in [6.45, 7) is 4.83.